The lowest BCUT2D eigenvalue weighted by atomic mass is 9.89. The fourth-order valence-corrected chi connectivity index (χ4v) is 18.5. The Morgan fingerprint density at radius 2 is 1.17 bits per heavy atom. The minimum absolute atomic E-state index is 0.00974. The van der Waals surface area contributed by atoms with Gasteiger partial charge in [0.2, 0.25) is 47.3 Å². The van der Waals surface area contributed by atoms with Crippen LogP contribution in [0, 0.1) is 49.4 Å². The van der Waals surface area contributed by atoms with Crippen LogP contribution in [0.1, 0.15) is 170 Å². The van der Waals surface area contributed by atoms with Gasteiger partial charge in [0.15, 0.2) is 25.5 Å². The van der Waals surface area contributed by atoms with Crippen LogP contribution in [0.15, 0.2) is 137 Å². The average molecular weight is 1790 g/mol. The van der Waals surface area contributed by atoms with Crippen LogP contribution in [0.3, 0.4) is 0 Å². The maximum Gasteiger partial charge on any atom is 0.410 e. The summed E-state index contributed by atoms with van der Waals surface area (Å²) >= 11 is 0. The molecular formula is C91H130N12O21S2. The number of aryl methyl sites for hydroxylation is 2. The van der Waals surface area contributed by atoms with E-state index >= 15 is 0 Å². The molecule has 1 unspecified atom stereocenters. The number of hydrogen-bond acceptors (Lipinski definition) is 21. The molecule has 1 aliphatic heterocycles. The van der Waals surface area contributed by atoms with Crippen molar-refractivity contribution in [3.05, 3.63) is 161 Å². The van der Waals surface area contributed by atoms with E-state index in [9.17, 15) is 79.5 Å². The number of aliphatic hydroxyl groups is 1. The van der Waals surface area contributed by atoms with Crippen molar-refractivity contribution in [2.45, 2.75) is 217 Å². The second-order valence-corrected chi connectivity index (χ2v) is 37.5. The number of nitrogens with two attached hydrogens (primary N) is 1. The Morgan fingerprint density at radius 3 is 1.70 bits per heavy atom. The van der Waals surface area contributed by atoms with E-state index in [1.807, 2.05) is 19.9 Å². The number of carbonyl (C=O) groups excluding carboxylic acids is 12. The zero-order valence-corrected chi connectivity index (χ0v) is 77.0. The molecule has 1 saturated heterocycles. The van der Waals surface area contributed by atoms with Gasteiger partial charge in [-0.15, -0.1) is 0 Å². The van der Waals surface area contributed by atoms with E-state index in [2.05, 4.69) is 42.5 Å². The van der Waals surface area contributed by atoms with Crippen molar-refractivity contribution in [1.82, 2.24) is 51.9 Å². The van der Waals surface area contributed by atoms with Crippen LogP contribution in [-0.4, -0.2) is 241 Å². The SMILES string of the molecule is CC[C@@H](C)C([C@@H](CC(=O)N1CCC[C@@H]1[C@H](OC)[C@H](C)C(=O)N[C@@H](C)[C@@H](O)c1ccccc1)OC)N(C)C(=O)[C@@H](NC(=O)[C@@H](C(C)C)N(C)C(=O)OCc1ccc(NC(=O)[C@@H](CCCNC(N)=O)NC(=O)[C@H](NC(=O)CC[C@H](NC(=O)c2ccc(C(=O)C(CS(=O)(=O)c3ccc(C)cc3)CS(=O)(=O)c3ccc(C)cc3)cc2)C(=O)NCCOC)C(C)C)cc1)C(C)C. The summed E-state index contributed by atoms with van der Waals surface area (Å²) in [5, 5.41) is 32.7. The predicted octanol–water partition coefficient (Wildman–Crippen LogP) is 7.30. The minimum atomic E-state index is -4.23. The number of anilines is 1. The zero-order chi connectivity index (χ0) is 93.6. The molecule has 6 rings (SSSR count). The fraction of sp³-hybridized carbons (Fsp3) is 0.538. The van der Waals surface area contributed by atoms with Crippen LogP contribution >= 0.6 is 0 Å². The van der Waals surface area contributed by atoms with Crippen molar-refractivity contribution in [3.63, 3.8) is 0 Å². The third-order valence-corrected chi connectivity index (χ3v) is 26.5. The molecule has 5 aromatic rings. The van der Waals surface area contributed by atoms with Crippen molar-refractivity contribution in [2.24, 2.45) is 41.2 Å². The number of carbonyl (C=O) groups is 12. The number of rotatable bonds is 49. The third-order valence-electron chi connectivity index (χ3n) is 22.8. The number of ketones is 1. The second kappa shape index (κ2) is 49.4. The number of nitrogens with zero attached hydrogens (tertiary/aromatic N) is 3. The van der Waals surface area contributed by atoms with E-state index in [-0.39, 0.29) is 96.3 Å². The molecule has 13 atom stereocenters. The Labute approximate surface area is 740 Å². The molecule has 0 bridgehead atoms. The molecule has 1 aliphatic rings. The van der Waals surface area contributed by atoms with E-state index in [4.69, 9.17) is 24.7 Å². The number of sulfone groups is 2. The number of urea groups is 1. The molecule has 12 amide bonds. The minimum Gasteiger partial charge on any atom is -0.445 e. The number of aliphatic hydroxyl groups excluding tert-OH is 1. The van der Waals surface area contributed by atoms with Gasteiger partial charge in [0.05, 0.1) is 82.6 Å². The molecule has 1 heterocycles. The Hall–Kier alpha value is -10.7. The lowest BCUT2D eigenvalue weighted by Crippen LogP contribution is -2.60. The van der Waals surface area contributed by atoms with Crippen LogP contribution < -0.4 is 48.3 Å². The van der Waals surface area contributed by atoms with Gasteiger partial charge in [-0.05, 0) is 136 Å². The number of ether oxygens (including phenoxy) is 4. The van der Waals surface area contributed by atoms with Crippen LogP contribution in [0.4, 0.5) is 15.3 Å². The number of nitrogens with one attached hydrogen (secondary N) is 8. The highest BCUT2D eigenvalue weighted by Crippen LogP contribution is 2.32. The number of amides is 12. The molecule has 0 radical (unpaired) electrons. The molecule has 0 saturated carbocycles. The van der Waals surface area contributed by atoms with Gasteiger partial charge >= 0.3 is 12.1 Å². The molecule has 0 spiro atoms. The first kappa shape index (κ1) is 104. The zero-order valence-electron chi connectivity index (χ0n) is 75.4. The molecule has 0 aromatic heterocycles. The quantitative estimate of drug-likeness (QED) is 0.0135. The van der Waals surface area contributed by atoms with Gasteiger partial charge in [-0.3, -0.25) is 52.8 Å². The summed E-state index contributed by atoms with van der Waals surface area (Å²) in [7, 11) is -1.04. The number of hydrogen-bond donors (Lipinski definition) is 10. The molecule has 33 nitrogen and oxygen atoms in total. The van der Waals surface area contributed by atoms with Gasteiger partial charge in [-0.25, -0.2) is 26.4 Å². The van der Waals surface area contributed by atoms with Gasteiger partial charge in [0.25, 0.3) is 5.91 Å². The summed E-state index contributed by atoms with van der Waals surface area (Å²) in [5.74, 6) is -12.0. The molecule has 126 heavy (non-hydrogen) atoms. The van der Waals surface area contributed by atoms with Crippen LogP contribution in [-0.2, 0) is 83.6 Å². The van der Waals surface area contributed by atoms with Gasteiger partial charge in [0.1, 0.15) is 36.8 Å². The van der Waals surface area contributed by atoms with Crippen molar-refractivity contribution >= 4 is 96.4 Å². The molecule has 0 aliphatic carbocycles. The van der Waals surface area contributed by atoms with Crippen molar-refractivity contribution < 1.29 is 98.4 Å². The first-order chi connectivity index (χ1) is 59.5. The fourth-order valence-electron chi connectivity index (χ4n) is 15.3. The van der Waals surface area contributed by atoms with Crippen molar-refractivity contribution in [2.75, 3.05) is 78.5 Å². The Kier molecular flexibility index (Phi) is 40.8. The monoisotopic (exact) mass is 1790 g/mol. The number of likely N-dealkylation sites (tertiary alicyclic amines) is 1. The van der Waals surface area contributed by atoms with Gasteiger partial charge < -0.3 is 82.1 Å². The lowest BCUT2D eigenvalue weighted by Gasteiger charge is -2.41. The summed E-state index contributed by atoms with van der Waals surface area (Å²) in [5.41, 5.74) is 8.05. The van der Waals surface area contributed by atoms with Crippen LogP contribution in [0.25, 0.3) is 0 Å². The Morgan fingerprint density at radius 1 is 0.595 bits per heavy atom. The standard InChI is InChI=1S/C91H130N12O21S2/c1-18-59(10)79(73(122-16)50-75(105)103-48-23-27-72(103)82(123-17)60(11)83(108)95-61(12)80(106)63-24-20-19-21-25-63)101(13)89(114)77(55(4)5)100-88(113)78(56(6)7)102(14)91(116)124-51-62-32-38-67(39-33-62)96-86(111)70(26-22-46-94-90(92)115)98-87(112)76(54(2)3)99-74(104)45-44-71(85(110)93-47-49-121-15)97-84(109)65-36-34-64(35-37-65)81(107)66(52-125(117,118)68-40-28-57(8)29-41-68)53-126(119,120)69-42-30-58(9)31-43-69/h19-21,24-25,28-43,54-56,59-61,66,70-73,76-80,82,106H,18,22-23,26-27,44-53H2,1-17H3,(H,93,110)(H,95,108)(H,96,111)(H,97,109)(H,98,112)(H,99,104)(H,100,113)(H3,92,94,115)/t59-,60+,61+,70-,71+,72-,73-,76-,77+,78-,79?,80-,82-/m1/s1. The van der Waals surface area contributed by atoms with E-state index in [1.54, 1.807) is 142 Å². The predicted molar refractivity (Wildman–Crippen MR) is 475 cm³/mol. The summed E-state index contributed by atoms with van der Waals surface area (Å²) in [4.78, 5) is 172. The highest BCUT2D eigenvalue weighted by atomic mass is 32.2. The van der Waals surface area contributed by atoms with E-state index in [0.717, 1.165) is 16.0 Å². The van der Waals surface area contributed by atoms with Crippen molar-refractivity contribution in [3.8, 4) is 0 Å². The average Bonchev–Trinajstić information content (AvgIpc) is 1.00. The smallest absolute Gasteiger partial charge is 0.410 e. The Balaban J connectivity index is 1.07. The summed E-state index contributed by atoms with van der Waals surface area (Å²) in [6.45, 7) is 21.4. The Bertz CT molecular complexity index is 4640. The van der Waals surface area contributed by atoms with Crippen LogP contribution in [0.2, 0.25) is 0 Å². The molecule has 5 aromatic carbocycles. The maximum atomic E-state index is 14.9. The van der Waals surface area contributed by atoms with Gasteiger partial charge in [0, 0.05) is 78.3 Å². The molecule has 35 heteroatoms. The first-order valence-corrected chi connectivity index (χ1v) is 46.0. The number of primary amides is 1. The van der Waals surface area contributed by atoms with E-state index < -0.39 is 193 Å². The normalized spacial score (nSPS) is 15.8. The van der Waals surface area contributed by atoms with Crippen molar-refractivity contribution in [1.29, 1.82) is 0 Å². The lowest BCUT2D eigenvalue weighted by molar-refractivity contribution is -0.148. The van der Waals surface area contributed by atoms with Crippen LogP contribution in [0.5, 0.6) is 0 Å². The summed E-state index contributed by atoms with van der Waals surface area (Å²) < 4.78 is 78.0. The number of benzene rings is 5. The summed E-state index contributed by atoms with van der Waals surface area (Å²) in [6, 6.07) is 23.2. The molecule has 1 fully saturated rings. The largest absolute Gasteiger partial charge is 0.445 e. The molecule has 692 valence electrons. The summed E-state index contributed by atoms with van der Waals surface area (Å²) in [6.07, 6.45) is -2.29. The highest BCUT2D eigenvalue weighted by Gasteiger charge is 2.45. The topological polar surface area (TPSA) is 462 Å². The number of likely N-dealkylation sites (N-methyl/N-ethyl adjacent to an activating group) is 2. The number of methoxy groups -OCH3 is 3. The number of Topliss-reactive ketones (excluding diaryl/α,β-unsaturated/α-hetero) is 1. The van der Waals surface area contributed by atoms with Gasteiger partial charge in [-0.1, -0.05) is 159 Å². The van der Waals surface area contributed by atoms with Gasteiger partial charge in [-0.2, -0.15) is 0 Å². The first-order valence-electron chi connectivity index (χ1n) is 42.7. The highest BCUT2D eigenvalue weighted by molar-refractivity contribution is 7.92. The maximum absolute atomic E-state index is 14.9. The van der Waals surface area contributed by atoms with E-state index in [1.165, 1.54) is 93.9 Å². The van der Waals surface area contributed by atoms with E-state index in [0.29, 0.717) is 36.9 Å². The third kappa shape index (κ3) is 30.2. The molecule has 11 N–H and O–H groups in total. The second-order valence-electron chi connectivity index (χ2n) is 33.5. The molecular weight excluding hydrogens is 1660 g/mol.